The Balaban J connectivity index is 1.95. The second-order valence-electron chi connectivity index (χ2n) is 6.34. The number of phenolic OH excluding ortho intramolecular Hbond substituents is 1. The number of allylic oxidation sites excluding steroid dienone is 1. The standard InChI is InChI=1S/C22H25N3O4/c1-4-6-17-11-16(12-19(22(17)28)29-5-2)14-23-25-21(27)13-20(26)24-18-9-7-15(3)8-10-18/h4,7-12,14,28H,1,5-6,13H2,2-3H3,(H,24,26)(H,25,27)/b23-14+. The zero-order chi connectivity index (χ0) is 21.2. The number of phenols is 1. The molecule has 0 saturated carbocycles. The minimum Gasteiger partial charge on any atom is -0.504 e. The average Bonchev–Trinajstić information content (AvgIpc) is 2.67. The highest BCUT2D eigenvalue weighted by Crippen LogP contribution is 2.31. The summed E-state index contributed by atoms with van der Waals surface area (Å²) in [6, 6.07) is 10.6. The van der Waals surface area contributed by atoms with Crippen molar-refractivity contribution in [2.45, 2.75) is 26.7 Å². The number of anilines is 1. The Kier molecular flexibility index (Phi) is 7.97. The van der Waals surface area contributed by atoms with Crippen molar-refractivity contribution in [3.8, 4) is 11.5 Å². The lowest BCUT2D eigenvalue weighted by Gasteiger charge is -2.10. The van der Waals surface area contributed by atoms with Gasteiger partial charge in [-0.15, -0.1) is 6.58 Å². The molecule has 0 heterocycles. The normalized spacial score (nSPS) is 10.6. The number of nitrogens with one attached hydrogen (secondary N) is 2. The zero-order valence-electron chi connectivity index (χ0n) is 16.6. The highest BCUT2D eigenvalue weighted by atomic mass is 16.5. The van der Waals surface area contributed by atoms with Gasteiger partial charge in [-0.1, -0.05) is 23.8 Å². The molecule has 2 amide bonds. The number of carbonyl (C=O) groups excluding carboxylic acids is 2. The average molecular weight is 395 g/mol. The fourth-order valence-corrected chi connectivity index (χ4v) is 2.55. The Labute approximate surface area is 170 Å². The predicted octanol–water partition coefficient (Wildman–Crippen LogP) is 3.31. The fourth-order valence-electron chi connectivity index (χ4n) is 2.55. The molecule has 7 nitrogen and oxygen atoms in total. The molecule has 7 heteroatoms. The van der Waals surface area contributed by atoms with Crippen LogP contribution in [0, 0.1) is 6.92 Å². The molecule has 2 rings (SSSR count). The van der Waals surface area contributed by atoms with Gasteiger partial charge >= 0.3 is 0 Å². The molecular formula is C22H25N3O4. The van der Waals surface area contributed by atoms with Crippen LogP contribution in [0.15, 0.2) is 54.2 Å². The van der Waals surface area contributed by atoms with E-state index in [1.165, 1.54) is 6.21 Å². The first-order chi connectivity index (χ1) is 13.9. The number of ether oxygens (including phenoxy) is 1. The van der Waals surface area contributed by atoms with Crippen molar-refractivity contribution in [2.24, 2.45) is 5.10 Å². The number of hydrazone groups is 1. The van der Waals surface area contributed by atoms with Crippen LogP contribution in [0.1, 0.15) is 30.0 Å². The Morgan fingerprint density at radius 1 is 1.21 bits per heavy atom. The lowest BCUT2D eigenvalue weighted by atomic mass is 10.1. The smallest absolute Gasteiger partial charge is 0.249 e. The molecule has 0 saturated heterocycles. The summed E-state index contributed by atoms with van der Waals surface area (Å²) in [5.74, 6) is -0.586. The number of hydrogen-bond acceptors (Lipinski definition) is 5. The minimum atomic E-state index is -0.541. The molecule has 29 heavy (non-hydrogen) atoms. The summed E-state index contributed by atoms with van der Waals surface area (Å²) in [5, 5.41) is 16.7. The number of aryl methyl sites for hydroxylation is 1. The van der Waals surface area contributed by atoms with Crippen LogP contribution in [0.4, 0.5) is 5.69 Å². The summed E-state index contributed by atoms with van der Waals surface area (Å²) in [7, 11) is 0. The topological polar surface area (TPSA) is 100 Å². The zero-order valence-corrected chi connectivity index (χ0v) is 16.6. The molecule has 0 bridgehead atoms. The maximum Gasteiger partial charge on any atom is 0.249 e. The van der Waals surface area contributed by atoms with Gasteiger partial charge in [-0.3, -0.25) is 9.59 Å². The van der Waals surface area contributed by atoms with Crippen molar-refractivity contribution >= 4 is 23.7 Å². The first kappa shape index (κ1) is 21.7. The third-order valence-corrected chi connectivity index (χ3v) is 3.90. The third-order valence-electron chi connectivity index (χ3n) is 3.90. The molecule has 0 aromatic heterocycles. The molecule has 0 unspecified atom stereocenters. The van der Waals surface area contributed by atoms with E-state index in [4.69, 9.17) is 4.74 Å². The Bertz CT molecular complexity index is 905. The number of carbonyl (C=O) groups is 2. The van der Waals surface area contributed by atoms with E-state index in [9.17, 15) is 14.7 Å². The third kappa shape index (κ3) is 6.80. The molecule has 0 aliphatic heterocycles. The molecule has 3 N–H and O–H groups in total. The number of nitrogens with zero attached hydrogens (tertiary/aromatic N) is 1. The number of aromatic hydroxyl groups is 1. The molecule has 0 aliphatic rings. The highest BCUT2D eigenvalue weighted by molar-refractivity contribution is 6.03. The van der Waals surface area contributed by atoms with Crippen molar-refractivity contribution in [3.05, 3.63) is 65.7 Å². The Hall–Kier alpha value is -3.61. The van der Waals surface area contributed by atoms with Crippen molar-refractivity contribution in [1.29, 1.82) is 0 Å². The lowest BCUT2D eigenvalue weighted by molar-refractivity contribution is -0.126. The molecule has 0 fully saturated rings. The van der Waals surface area contributed by atoms with Gasteiger partial charge in [0.25, 0.3) is 0 Å². The summed E-state index contributed by atoms with van der Waals surface area (Å²) in [6.07, 6.45) is 3.19. The minimum absolute atomic E-state index is 0.0562. The number of hydrogen-bond donors (Lipinski definition) is 3. The molecule has 0 atom stereocenters. The Morgan fingerprint density at radius 2 is 1.93 bits per heavy atom. The SMILES string of the molecule is C=CCc1cc(/C=N/NC(=O)CC(=O)Nc2ccc(C)cc2)cc(OCC)c1O. The monoisotopic (exact) mass is 395 g/mol. The van der Waals surface area contributed by atoms with Gasteiger partial charge in [0, 0.05) is 11.3 Å². The van der Waals surface area contributed by atoms with E-state index in [0.29, 0.717) is 35.6 Å². The number of rotatable bonds is 9. The van der Waals surface area contributed by atoms with Gasteiger partial charge in [0.2, 0.25) is 11.8 Å². The van der Waals surface area contributed by atoms with E-state index in [-0.39, 0.29) is 12.2 Å². The molecule has 2 aromatic carbocycles. The van der Waals surface area contributed by atoms with E-state index in [1.807, 2.05) is 26.0 Å². The molecular weight excluding hydrogens is 370 g/mol. The maximum absolute atomic E-state index is 11.9. The van der Waals surface area contributed by atoms with E-state index >= 15 is 0 Å². The van der Waals surface area contributed by atoms with Crippen molar-refractivity contribution in [2.75, 3.05) is 11.9 Å². The van der Waals surface area contributed by atoms with E-state index in [2.05, 4.69) is 22.4 Å². The Morgan fingerprint density at radius 3 is 2.59 bits per heavy atom. The highest BCUT2D eigenvalue weighted by Gasteiger charge is 2.11. The van der Waals surface area contributed by atoms with Crippen molar-refractivity contribution < 1.29 is 19.4 Å². The second-order valence-corrected chi connectivity index (χ2v) is 6.34. The molecule has 152 valence electrons. The summed E-state index contributed by atoms with van der Waals surface area (Å²) < 4.78 is 5.42. The van der Waals surface area contributed by atoms with Crippen LogP contribution in [0.3, 0.4) is 0 Å². The molecule has 0 spiro atoms. The first-order valence-electron chi connectivity index (χ1n) is 9.21. The molecule has 0 aliphatic carbocycles. The quantitative estimate of drug-likeness (QED) is 0.262. The molecule has 2 aromatic rings. The first-order valence-corrected chi connectivity index (χ1v) is 9.21. The summed E-state index contributed by atoms with van der Waals surface area (Å²) >= 11 is 0. The van der Waals surface area contributed by atoms with Crippen LogP contribution in [0.2, 0.25) is 0 Å². The van der Waals surface area contributed by atoms with Crippen LogP contribution >= 0.6 is 0 Å². The van der Waals surface area contributed by atoms with E-state index in [0.717, 1.165) is 5.56 Å². The van der Waals surface area contributed by atoms with Crippen LogP contribution in [-0.2, 0) is 16.0 Å². The van der Waals surface area contributed by atoms with Crippen molar-refractivity contribution in [1.82, 2.24) is 5.43 Å². The van der Waals surface area contributed by atoms with Gasteiger partial charge < -0.3 is 15.2 Å². The van der Waals surface area contributed by atoms with Gasteiger partial charge in [0.05, 0.1) is 12.8 Å². The van der Waals surface area contributed by atoms with Crippen molar-refractivity contribution in [3.63, 3.8) is 0 Å². The van der Waals surface area contributed by atoms with E-state index in [1.54, 1.807) is 30.3 Å². The lowest BCUT2D eigenvalue weighted by Crippen LogP contribution is -2.24. The van der Waals surface area contributed by atoms with Crippen LogP contribution in [-0.4, -0.2) is 29.7 Å². The largest absolute Gasteiger partial charge is 0.504 e. The predicted molar refractivity (Wildman–Crippen MR) is 113 cm³/mol. The fraction of sp³-hybridized carbons (Fsp3) is 0.227. The van der Waals surface area contributed by atoms with Gasteiger partial charge in [-0.2, -0.15) is 5.10 Å². The maximum atomic E-state index is 11.9. The number of benzene rings is 2. The summed E-state index contributed by atoms with van der Waals surface area (Å²) in [6.45, 7) is 7.83. The van der Waals surface area contributed by atoms with Gasteiger partial charge in [-0.25, -0.2) is 5.43 Å². The van der Waals surface area contributed by atoms with Gasteiger partial charge in [0.15, 0.2) is 11.5 Å². The van der Waals surface area contributed by atoms with Gasteiger partial charge in [0.1, 0.15) is 6.42 Å². The van der Waals surface area contributed by atoms with Crippen LogP contribution < -0.4 is 15.5 Å². The van der Waals surface area contributed by atoms with Crippen LogP contribution in [0.25, 0.3) is 0 Å². The van der Waals surface area contributed by atoms with Gasteiger partial charge in [-0.05, 0) is 50.1 Å². The second kappa shape index (κ2) is 10.7. The van der Waals surface area contributed by atoms with Crippen LogP contribution in [0.5, 0.6) is 11.5 Å². The number of amides is 2. The van der Waals surface area contributed by atoms with E-state index < -0.39 is 11.8 Å². The summed E-state index contributed by atoms with van der Waals surface area (Å²) in [5.41, 5.74) is 5.29. The molecule has 0 radical (unpaired) electrons. The summed E-state index contributed by atoms with van der Waals surface area (Å²) in [4.78, 5) is 23.9.